The minimum absolute atomic E-state index is 0.00543. The fraction of sp³-hybridized carbons (Fsp3) is 0.286. The summed E-state index contributed by atoms with van der Waals surface area (Å²) in [5.41, 5.74) is 2.65. The number of rotatable bonds is 4. The van der Waals surface area contributed by atoms with Crippen molar-refractivity contribution >= 4 is 39.3 Å². The van der Waals surface area contributed by atoms with Crippen LogP contribution < -0.4 is 10.3 Å². The highest BCUT2D eigenvalue weighted by Crippen LogP contribution is 2.43. The summed E-state index contributed by atoms with van der Waals surface area (Å²) in [6.45, 7) is 10.0. The van der Waals surface area contributed by atoms with Crippen LogP contribution in [-0.4, -0.2) is 23.5 Å². The molecule has 0 unspecified atom stereocenters. The molecule has 1 aliphatic rings. The quantitative estimate of drug-likeness (QED) is 0.329. The number of hydrogen-bond donors (Lipinski definition) is 0. The summed E-state index contributed by atoms with van der Waals surface area (Å²) >= 11 is 1.07. The van der Waals surface area contributed by atoms with Crippen LogP contribution in [0.3, 0.4) is 0 Å². The number of fused-ring (bicyclic) bond motifs is 2. The summed E-state index contributed by atoms with van der Waals surface area (Å²) in [7, 11) is 0. The molecule has 0 spiro atoms. The van der Waals surface area contributed by atoms with Gasteiger partial charge >= 0.3 is 5.97 Å². The van der Waals surface area contributed by atoms with Gasteiger partial charge in [0.15, 0.2) is 10.6 Å². The second kappa shape index (κ2) is 8.71. The molecule has 36 heavy (non-hydrogen) atoms. The van der Waals surface area contributed by atoms with Crippen LogP contribution in [0.25, 0.3) is 11.0 Å². The summed E-state index contributed by atoms with van der Waals surface area (Å²) in [6.07, 6.45) is 0. The second-order valence-corrected chi connectivity index (χ2v) is 10.7. The van der Waals surface area contributed by atoms with Crippen LogP contribution in [0.15, 0.2) is 57.7 Å². The highest BCUT2D eigenvalue weighted by Gasteiger charge is 2.45. The number of nitrogens with zero attached hydrogens (tertiary/aromatic N) is 2. The minimum Gasteiger partial charge on any atom is -0.462 e. The first-order chi connectivity index (χ1) is 17.1. The molecule has 1 aliphatic heterocycles. The lowest BCUT2D eigenvalue weighted by molar-refractivity contribution is 0.0531. The summed E-state index contributed by atoms with van der Waals surface area (Å²) in [5.74, 6) is -0.968. The van der Waals surface area contributed by atoms with Crippen LogP contribution in [0.2, 0.25) is 0 Å². The first-order valence-electron chi connectivity index (χ1n) is 11.8. The van der Waals surface area contributed by atoms with E-state index < -0.39 is 17.9 Å². The molecule has 3 heterocycles. The molecule has 2 aromatic carbocycles. The predicted octanol–water partition coefficient (Wildman–Crippen LogP) is 5.78. The van der Waals surface area contributed by atoms with Gasteiger partial charge in [-0.15, -0.1) is 0 Å². The van der Waals surface area contributed by atoms with Gasteiger partial charge in [0.05, 0.1) is 29.3 Å². The van der Waals surface area contributed by atoms with Gasteiger partial charge in [-0.25, -0.2) is 9.78 Å². The van der Waals surface area contributed by atoms with E-state index in [9.17, 15) is 14.4 Å². The molecule has 7 nitrogen and oxygen atoms in total. The average Bonchev–Trinajstić information content (AvgIpc) is 3.36. The number of anilines is 1. The van der Waals surface area contributed by atoms with Crippen molar-refractivity contribution in [3.63, 3.8) is 0 Å². The van der Waals surface area contributed by atoms with E-state index in [4.69, 9.17) is 9.15 Å². The van der Waals surface area contributed by atoms with E-state index in [1.807, 2.05) is 24.3 Å². The lowest BCUT2D eigenvalue weighted by atomic mass is 9.86. The van der Waals surface area contributed by atoms with Crippen molar-refractivity contribution in [1.29, 1.82) is 0 Å². The maximum absolute atomic E-state index is 13.8. The van der Waals surface area contributed by atoms with Crippen LogP contribution in [0.4, 0.5) is 5.13 Å². The molecule has 0 saturated carbocycles. The van der Waals surface area contributed by atoms with Crippen molar-refractivity contribution in [2.45, 2.75) is 46.1 Å². The van der Waals surface area contributed by atoms with Gasteiger partial charge in [-0.3, -0.25) is 14.5 Å². The first-order valence-corrected chi connectivity index (χ1v) is 12.6. The molecule has 1 atom stereocenters. The zero-order chi connectivity index (χ0) is 25.8. The summed E-state index contributed by atoms with van der Waals surface area (Å²) < 4.78 is 11.2. The topological polar surface area (TPSA) is 89.7 Å². The van der Waals surface area contributed by atoms with Crippen molar-refractivity contribution in [3.05, 3.63) is 91.8 Å². The standard InChI is InChI=1S/C28H26N2O5S/c1-6-34-26(33)24-15(2)29-27(36-24)30-21(16-11-13-17(14-12-16)28(3,4)5)20-22(31)18-9-7-8-10-19(18)35-23(20)25(30)32/h7-14,21H,6H2,1-5H3/t21-/m0/s1. The second-order valence-electron chi connectivity index (χ2n) is 9.75. The number of thiazole rings is 1. The van der Waals surface area contributed by atoms with Crippen molar-refractivity contribution in [3.8, 4) is 0 Å². The van der Waals surface area contributed by atoms with Crippen LogP contribution >= 0.6 is 11.3 Å². The van der Waals surface area contributed by atoms with E-state index >= 15 is 0 Å². The fourth-order valence-electron chi connectivity index (χ4n) is 4.47. The lowest BCUT2D eigenvalue weighted by Gasteiger charge is -2.24. The Kier molecular flexibility index (Phi) is 5.79. The molecule has 1 amide bonds. The molecular weight excluding hydrogens is 476 g/mol. The summed E-state index contributed by atoms with van der Waals surface area (Å²) in [5, 5.41) is 0.713. The van der Waals surface area contributed by atoms with Gasteiger partial charge in [0.2, 0.25) is 5.76 Å². The molecule has 0 N–H and O–H groups in total. The van der Waals surface area contributed by atoms with Gasteiger partial charge in [-0.2, -0.15) is 0 Å². The average molecular weight is 503 g/mol. The Bertz CT molecular complexity index is 1560. The number of aromatic nitrogens is 1. The van der Waals surface area contributed by atoms with E-state index in [-0.39, 0.29) is 28.8 Å². The Hall–Kier alpha value is -3.78. The van der Waals surface area contributed by atoms with Crippen molar-refractivity contribution in [1.82, 2.24) is 4.98 Å². The number of amides is 1. The molecule has 0 saturated heterocycles. The van der Waals surface area contributed by atoms with Gasteiger partial charge in [0.25, 0.3) is 5.91 Å². The summed E-state index contributed by atoms with van der Waals surface area (Å²) in [4.78, 5) is 46.2. The third-order valence-electron chi connectivity index (χ3n) is 6.32. The molecule has 8 heteroatoms. The molecule has 0 radical (unpaired) electrons. The zero-order valence-electron chi connectivity index (χ0n) is 20.7. The molecule has 0 bridgehead atoms. The number of carbonyl (C=O) groups excluding carboxylic acids is 2. The molecule has 0 aliphatic carbocycles. The Labute approximate surface area is 212 Å². The molecule has 2 aromatic heterocycles. The van der Waals surface area contributed by atoms with E-state index in [1.54, 1.807) is 38.1 Å². The minimum atomic E-state index is -0.747. The van der Waals surface area contributed by atoms with Crippen molar-refractivity contribution < 1.29 is 18.7 Å². The smallest absolute Gasteiger partial charge is 0.350 e. The maximum Gasteiger partial charge on any atom is 0.350 e. The Morgan fingerprint density at radius 3 is 2.47 bits per heavy atom. The molecule has 5 rings (SSSR count). The van der Waals surface area contributed by atoms with Crippen molar-refractivity contribution in [2.75, 3.05) is 11.5 Å². The number of ether oxygens (including phenoxy) is 1. The van der Waals surface area contributed by atoms with Gasteiger partial charge in [0, 0.05) is 0 Å². The van der Waals surface area contributed by atoms with E-state index in [0.29, 0.717) is 26.7 Å². The Morgan fingerprint density at radius 2 is 1.81 bits per heavy atom. The Balaban J connectivity index is 1.72. The maximum atomic E-state index is 13.8. The SMILES string of the molecule is CCOC(=O)c1sc(N2C(=O)c3oc4ccccc4c(=O)c3[C@@H]2c2ccc(C(C)(C)C)cc2)nc1C. The zero-order valence-corrected chi connectivity index (χ0v) is 21.6. The normalized spacial score (nSPS) is 15.4. The number of esters is 1. The Morgan fingerprint density at radius 1 is 1.11 bits per heavy atom. The number of para-hydroxylation sites is 1. The first kappa shape index (κ1) is 23.9. The predicted molar refractivity (Wildman–Crippen MR) is 139 cm³/mol. The lowest BCUT2D eigenvalue weighted by Crippen LogP contribution is -2.29. The molecule has 184 valence electrons. The molecular formula is C28H26N2O5S. The number of benzene rings is 2. The fourth-order valence-corrected chi connectivity index (χ4v) is 5.46. The monoisotopic (exact) mass is 502 g/mol. The van der Waals surface area contributed by atoms with E-state index in [0.717, 1.165) is 22.5 Å². The summed E-state index contributed by atoms with van der Waals surface area (Å²) in [6, 6.07) is 14.0. The number of hydrogen-bond acceptors (Lipinski definition) is 7. The third kappa shape index (κ3) is 3.82. The third-order valence-corrected chi connectivity index (χ3v) is 7.46. The molecule has 0 fully saturated rings. The highest BCUT2D eigenvalue weighted by atomic mass is 32.1. The highest BCUT2D eigenvalue weighted by molar-refractivity contribution is 7.17. The van der Waals surface area contributed by atoms with Crippen LogP contribution in [-0.2, 0) is 10.2 Å². The van der Waals surface area contributed by atoms with Gasteiger partial charge in [-0.05, 0) is 42.5 Å². The number of carbonyl (C=O) groups is 2. The van der Waals surface area contributed by atoms with Crippen LogP contribution in [0.1, 0.15) is 76.3 Å². The van der Waals surface area contributed by atoms with Gasteiger partial charge in [0.1, 0.15) is 10.5 Å². The number of aryl methyl sites for hydroxylation is 1. The van der Waals surface area contributed by atoms with Gasteiger partial charge in [-0.1, -0.05) is 68.5 Å². The van der Waals surface area contributed by atoms with E-state index in [1.165, 1.54) is 4.90 Å². The largest absolute Gasteiger partial charge is 0.462 e. The van der Waals surface area contributed by atoms with Crippen molar-refractivity contribution in [2.24, 2.45) is 0 Å². The van der Waals surface area contributed by atoms with Crippen LogP contribution in [0.5, 0.6) is 0 Å². The van der Waals surface area contributed by atoms with E-state index in [2.05, 4.69) is 25.8 Å². The van der Waals surface area contributed by atoms with Gasteiger partial charge < -0.3 is 9.15 Å². The molecule has 4 aromatic rings. The van der Waals surface area contributed by atoms with Crippen LogP contribution in [0, 0.1) is 6.92 Å².